The summed E-state index contributed by atoms with van der Waals surface area (Å²) in [7, 11) is 0. The van der Waals surface area contributed by atoms with Crippen LogP contribution in [0.5, 0.6) is 11.5 Å². The molecule has 0 saturated carbocycles. The number of unbranched alkanes of at least 4 members (excludes halogenated alkanes) is 1. The third kappa shape index (κ3) is 5.32. The van der Waals surface area contributed by atoms with E-state index in [4.69, 9.17) is 9.47 Å². The highest BCUT2D eigenvalue weighted by Crippen LogP contribution is 2.35. The van der Waals surface area contributed by atoms with Crippen molar-refractivity contribution in [3.63, 3.8) is 0 Å². The normalized spacial score (nSPS) is 13.5. The Bertz CT molecular complexity index is 918. The maximum atomic E-state index is 12.5. The van der Waals surface area contributed by atoms with Crippen molar-refractivity contribution in [3.05, 3.63) is 48.0 Å². The Morgan fingerprint density at radius 2 is 1.93 bits per heavy atom. The molecule has 1 aliphatic rings. The Labute approximate surface area is 178 Å². The number of nitrogens with zero attached hydrogens (tertiary/aromatic N) is 1. The maximum absolute atomic E-state index is 12.5. The van der Waals surface area contributed by atoms with Crippen molar-refractivity contribution in [1.82, 2.24) is 0 Å². The first-order chi connectivity index (χ1) is 14.3. The molecule has 0 saturated heterocycles. The van der Waals surface area contributed by atoms with Crippen molar-refractivity contribution < 1.29 is 19.1 Å². The van der Waals surface area contributed by atoms with E-state index in [2.05, 4.69) is 5.32 Å². The number of aryl methyl sites for hydroxylation is 1. The molecule has 6 heteroatoms. The number of nitrogens with one attached hydrogen (secondary N) is 1. The molecule has 0 unspecified atom stereocenters. The van der Waals surface area contributed by atoms with Gasteiger partial charge in [0.1, 0.15) is 11.5 Å². The average molecular weight is 411 g/mol. The van der Waals surface area contributed by atoms with Gasteiger partial charge in [-0.2, -0.15) is 0 Å². The average Bonchev–Trinajstić information content (AvgIpc) is 2.69. The second-order valence-corrected chi connectivity index (χ2v) is 8.54. The first kappa shape index (κ1) is 21.7. The number of rotatable bonds is 7. The van der Waals surface area contributed by atoms with Crippen molar-refractivity contribution in [2.24, 2.45) is 5.41 Å². The van der Waals surface area contributed by atoms with Gasteiger partial charge in [0.15, 0.2) is 6.61 Å². The lowest BCUT2D eigenvalue weighted by Gasteiger charge is -2.30. The Hall–Kier alpha value is -3.02. The molecule has 0 aliphatic carbocycles. The number of benzene rings is 2. The van der Waals surface area contributed by atoms with Gasteiger partial charge in [0.05, 0.1) is 12.3 Å². The molecule has 1 N–H and O–H groups in total. The van der Waals surface area contributed by atoms with E-state index in [-0.39, 0.29) is 18.4 Å². The monoisotopic (exact) mass is 410 g/mol. The van der Waals surface area contributed by atoms with Gasteiger partial charge in [-0.05, 0) is 49.6 Å². The number of carbonyl (C=O) groups is 2. The van der Waals surface area contributed by atoms with E-state index >= 15 is 0 Å². The molecule has 0 fully saturated rings. The van der Waals surface area contributed by atoms with E-state index in [1.165, 1.54) is 0 Å². The summed E-state index contributed by atoms with van der Waals surface area (Å²) in [4.78, 5) is 26.5. The number of para-hydroxylation sites is 1. The van der Waals surface area contributed by atoms with Crippen molar-refractivity contribution in [2.75, 3.05) is 30.0 Å². The van der Waals surface area contributed by atoms with E-state index in [0.29, 0.717) is 30.3 Å². The number of hydrogen-bond donors (Lipinski definition) is 1. The molecule has 2 aromatic carbocycles. The molecule has 1 heterocycles. The lowest BCUT2D eigenvalue weighted by Crippen LogP contribution is -2.39. The number of fused-ring (bicyclic) bond motifs is 1. The summed E-state index contributed by atoms with van der Waals surface area (Å²) in [5.41, 5.74) is 1.95. The Morgan fingerprint density at radius 3 is 2.67 bits per heavy atom. The van der Waals surface area contributed by atoms with Crippen LogP contribution < -0.4 is 19.7 Å². The van der Waals surface area contributed by atoms with Gasteiger partial charge in [-0.3, -0.25) is 9.59 Å². The van der Waals surface area contributed by atoms with Crippen LogP contribution in [0.25, 0.3) is 0 Å². The number of hydrogen-bond acceptors (Lipinski definition) is 4. The molecule has 2 amide bonds. The van der Waals surface area contributed by atoms with Crippen molar-refractivity contribution in [3.8, 4) is 11.5 Å². The van der Waals surface area contributed by atoms with Crippen molar-refractivity contribution in [2.45, 2.75) is 40.5 Å². The van der Waals surface area contributed by atoms with E-state index in [9.17, 15) is 9.59 Å². The van der Waals surface area contributed by atoms with Gasteiger partial charge in [-0.15, -0.1) is 0 Å². The van der Waals surface area contributed by atoms with Gasteiger partial charge in [0.2, 0.25) is 5.91 Å². The quantitative estimate of drug-likeness (QED) is 0.679. The van der Waals surface area contributed by atoms with E-state index in [1.54, 1.807) is 23.1 Å². The molecule has 1 aliphatic heterocycles. The van der Waals surface area contributed by atoms with Crippen LogP contribution in [-0.4, -0.2) is 31.6 Å². The van der Waals surface area contributed by atoms with Crippen LogP contribution in [0.15, 0.2) is 42.5 Å². The number of anilines is 2. The summed E-state index contributed by atoms with van der Waals surface area (Å²) in [5, 5.41) is 2.91. The number of ether oxygens (including phenoxy) is 2. The minimum Gasteiger partial charge on any atom is -0.493 e. The summed E-state index contributed by atoms with van der Waals surface area (Å²) in [6.07, 6.45) is 1.63. The largest absolute Gasteiger partial charge is 0.493 e. The third-order valence-corrected chi connectivity index (χ3v) is 4.97. The second kappa shape index (κ2) is 9.20. The van der Waals surface area contributed by atoms with E-state index < -0.39 is 5.41 Å². The molecular weight excluding hydrogens is 380 g/mol. The van der Waals surface area contributed by atoms with E-state index in [1.807, 2.05) is 52.0 Å². The lowest BCUT2D eigenvalue weighted by atomic mass is 9.95. The number of carbonyl (C=O) groups excluding carboxylic acids is 2. The van der Waals surface area contributed by atoms with Gasteiger partial charge in [0, 0.05) is 17.6 Å². The van der Waals surface area contributed by atoms with Gasteiger partial charge < -0.3 is 19.7 Å². The predicted molar refractivity (Wildman–Crippen MR) is 118 cm³/mol. The summed E-state index contributed by atoms with van der Waals surface area (Å²) in [6, 6.07) is 13.3. The first-order valence-electron chi connectivity index (χ1n) is 10.3. The summed E-state index contributed by atoms with van der Waals surface area (Å²) in [6.45, 7) is 8.80. The SMILES string of the molecule is Cc1ccccc1OCCCCN1C(=O)COc2ccc(NC(=O)C(C)(C)C)cc21. The Morgan fingerprint density at radius 1 is 1.17 bits per heavy atom. The Kier molecular flexibility index (Phi) is 6.65. The highest BCUT2D eigenvalue weighted by molar-refractivity contribution is 6.00. The van der Waals surface area contributed by atoms with Crippen molar-refractivity contribution in [1.29, 1.82) is 0 Å². The van der Waals surface area contributed by atoms with Crippen LogP contribution in [-0.2, 0) is 9.59 Å². The molecular formula is C24H30N2O4. The smallest absolute Gasteiger partial charge is 0.265 e. The topological polar surface area (TPSA) is 67.9 Å². The van der Waals surface area contributed by atoms with Crippen LogP contribution in [0.2, 0.25) is 0 Å². The fourth-order valence-corrected chi connectivity index (χ4v) is 3.12. The zero-order valence-corrected chi connectivity index (χ0v) is 18.2. The van der Waals surface area contributed by atoms with Crippen LogP contribution in [0.3, 0.4) is 0 Å². The predicted octanol–water partition coefficient (Wildman–Crippen LogP) is 4.56. The zero-order valence-electron chi connectivity index (χ0n) is 18.2. The van der Waals surface area contributed by atoms with Gasteiger partial charge in [-0.1, -0.05) is 39.0 Å². The highest BCUT2D eigenvalue weighted by Gasteiger charge is 2.27. The van der Waals surface area contributed by atoms with Crippen LogP contribution in [0.1, 0.15) is 39.2 Å². The summed E-state index contributed by atoms with van der Waals surface area (Å²) >= 11 is 0. The standard InChI is InChI=1S/C24H30N2O4/c1-17-9-5-6-10-20(17)29-14-8-7-13-26-19-15-18(25-23(28)24(2,3)4)11-12-21(19)30-16-22(26)27/h5-6,9-12,15H,7-8,13-14,16H2,1-4H3,(H,25,28). The van der Waals surface area contributed by atoms with Crippen LogP contribution in [0, 0.1) is 12.3 Å². The molecule has 6 nitrogen and oxygen atoms in total. The molecule has 0 atom stereocenters. The Balaban J connectivity index is 1.60. The molecule has 2 aromatic rings. The minimum atomic E-state index is -0.501. The second-order valence-electron chi connectivity index (χ2n) is 8.54. The first-order valence-corrected chi connectivity index (χ1v) is 10.3. The van der Waals surface area contributed by atoms with E-state index in [0.717, 1.165) is 24.2 Å². The van der Waals surface area contributed by atoms with Crippen LogP contribution in [0.4, 0.5) is 11.4 Å². The summed E-state index contributed by atoms with van der Waals surface area (Å²) < 4.78 is 11.4. The van der Waals surface area contributed by atoms with Crippen LogP contribution >= 0.6 is 0 Å². The summed E-state index contributed by atoms with van der Waals surface area (Å²) in [5.74, 6) is 1.39. The van der Waals surface area contributed by atoms with Crippen molar-refractivity contribution >= 4 is 23.2 Å². The third-order valence-electron chi connectivity index (χ3n) is 4.97. The molecule has 0 radical (unpaired) electrons. The maximum Gasteiger partial charge on any atom is 0.265 e. The molecule has 3 rings (SSSR count). The fourth-order valence-electron chi connectivity index (χ4n) is 3.12. The van der Waals surface area contributed by atoms with Gasteiger partial charge >= 0.3 is 0 Å². The number of amides is 2. The lowest BCUT2D eigenvalue weighted by molar-refractivity contribution is -0.123. The molecule has 0 bridgehead atoms. The highest BCUT2D eigenvalue weighted by atomic mass is 16.5. The molecule has 0 aromatic heterocycles. The molecule has 160 valence electrons. The fraction of sp³-hybridized carbons (Fsp3) is 0.417. The molecule has 0 spiro atoms. The molecule has 30 heavy (non-hydrogen) atoms. The zero-order chi connectivity index (χ0) is 21.7. The minimum absolute atomic E-state index is 0.0282. The van der Waals surface area contributed by atoms with Gasteiger partial charge in [-0.25, -0.2) is 0 Å². The van der Waals surface area contributed by atoms with Gasteiger partial charge in [0.25, 0.3) is 5.91 Å².